The number of benzene rings is 2. The first kappa shape index (κ1) is 19.7. The van der Waals surface area contributed by atoms with Crippen LogP contribution in [-0.4, -0.2) is 26.6 Å². The molecule has 0 saturated heterocycles. The molecule has 0 fully saturated rings. The molecule has 0 N–H and O–H groups in total. The lowest BCUT2D eigenvalue weighted by atomic mass is 10.1. The van der Waals surface area contributed by atoms with E-state index in [-0.39, 0.29) is 10.6 Å². The molecule has 3 heterocycles. The molecule has 0 saturated carbocycles. The Morgan fingerprint density at radius 3 is 2.29 bits per heavy atom. The van der Waals surface area contributed by atoms with Gasteiger partial charge >= 0.3 is 0 Å². The van der Waals surface area contributed by atoms with Crippen LogP contribution in [0, 0.1) is 20.8 Å². The molecule has 2 aromatic heterocycles. The summed E-state index contributed by atoms with van der Waals surface area (Å²) in [5, 5.41) is 5.80. The van der Waals surface area contributed by atoms with Crippen LogP contribution in [0.5, 0.6) is 0 Å². The van der Waals surface area contributed by atoms with Gasteiger partial charge in [0, 0.05) is 6.20 Å². The fraction of sp³-hybridized carbons (Fsp3) is 0.130. The van der Waals surface area contributed by atoms with E-state index in [1.165, 1.54) is 17.8 Å². The highest BCUT2D eigenvalue weighted by molar-refractivity contribution is 6.43. The summed E-state index contributed by atoms with van der Waals surface area (Å²) < 4.78 is 1.71. The zero-order valence-corrected chi connectivity index (χ0v) is 18.4. The molecule has 0 aliphatic carbocycles. The number of carbonyl (C=O) groups excluding carboxylic acids is 2. The summed E-state index contributed by atoms with van der Waals surface area (Å²) in [5.74, 6) is -0.889. The second-order valence-corrected chi connectivity index (χ2v) is 8.37. The van der Waals surface area contributed by atoms with Crippen molar-refractivity contribution in [1.82, 2.24) is 14.8 Å². The molecule has 0 unspecified atom stereocenters. The van der Waals surface area contributed by atoms with Gasteiger partial charge in [-0.3, -0.25) is 9.59 Å². The number of rotatable bonds is 2. The van der Waals surface area contributed by atoms with Crippen LogP contribution in [0.15, 0.2) is 42.6 Å². The zero-order chi connectivity index (χ0) is 22.0. The highest BCUT2D eigenvalue weighted by Gasteiger charge is 2.40. The third kappa shape index (κ3) is 2.86. The third-order valence-electron chi connectivity index (χ3n) is 5.62. The molecule has 154 valence electrons. The van der Waals surface area contributed by atoms with Crippen molar-refractivity contribution in [3.63, 3.8) is 0 Å². The molecule has 2 aromatic carbocycles. The zero-order valence-electron chi connectivity index (χ0n) is 16.9. The fourth-order valence-electron chi connectivity index (χ4n) is 3.86. The molecule has 5 rings (SSSR count). The highest BCUT2D eigenvalue weighted by Crippen LogP contribution is 2.36. The Balaban J connectivity index is 1.70. The van der Waals surface area contributed by atoms with Gasteiger partial charge in [-0.2, -0.15) is 5.10 Å². The van der Waals surface area contributed by atoms with Crippen LogP contribution in [0.2, 0.25) is 10.0 Å². The molecule has 8 heteroatoms. The molecule has 0 radical (unpaired) electrons. The molecular weight excluding hydrogens is 435 g/mol. The molecule has 1 aliphatic heterocycles. The molecule has 4 aromatic rings. The van der Waals surface area contributed by atoms with Crippen molar-refractivity contribution in [3.8, 4) is 5.69 Å². The minimum atomic E-state index is -0.453. The maximum atomic E-state index is 13.4. The SMILES string of the molecule is Cc1ccc(-n2nc(C)c3c4c(cnc32)C(=O)N(c2ccc(Cl)c(Cl)c2)C4=O)cc1C. The molecule has 0 bridgehead atoms. The summed E-state index contributed by atoms with van der Waals surface area (Å²) in [6, 6.07) is 10.6. The number of aromatic nitrogens is 3. The van der Waals surface area contributed by atoms with E-state index in [1.807, 2.05) is 32.0 Å². The number of halogens is 2. The maximum absolute atomic E-state index is 13.4. The fourth-order valence-corrected chi connectivity index (χ4v) is 4.15. The summed E-state index contributed by atoms with van der Waals surface area (Å²) in [4.78, 5) is 32.1. The Morgan fingerprint density at radius 2 is 1.58 bits per heavy atom. The number of hydrogen-bond acceptors (Lipinski definition) is 4. The number of fused-ring (bicyclic) bond motifs is 3. The van der Waals surface area contributed by atoms with Crippen LogP contribution in [0.1, 0.15) is 37.5 Å². The molecule has 2 amide bonds. The average molecular weight is 451 g/mol. The Bertz CT molecular complexity index is 1440. The van der Waals surface area contributed by atoms with Gasteiger partial charge < -0.3 is 0 Å². The Hall–Kier alpha value is -3.22. The van der Waals surface area contributed by atoms with Gasteiger partial charge in [0.1, 0.15) is 0 Å². The van der Waals surface area contributed by atoms with Crippen molar-refractivity contribution in [2.75, 3.05) is 4.90 Å². The third-order valence-corrected chi connectivity index (χ3v) is 6.36. The van der Waals surface area contributed by atoms with Crippen LogP contribution in [0.3, 0.4) is 0 Å². The number of carbonyl (C=O) groups is 2. The number of pyridine rings is 1. The van der Waals surface area contributed by atoms with Crippen LogP contribution in [0.4, 0.5) is 5.69 Å². The molecule has 6 nitrogen and oxygen atoms in total. The summed E-state index contributed by atoms with van der Waals surface area (Å²) >= 11 is 12.1. The van der Waals surface area contributed by atoms with E-state index < -0.39 is 11.8 Å². The van der Waals surface area contributed by atoms with Gasteiger partial charge in [-0.05, 0) is 62.2 Å². The normalized spacial score (nSPS) is 13.4. The Morgan fingerprint density at radius 1 is 0.839 bits per heavy atom. The smallest absolute Gasteiger partial charge is 0.267 e. The van der Waals surface area contributed by atoms with Gasteiger partial charge in [0.15, 0.2) is 5.65 Å². The van der Waals surface area contributed by atoms with Gasteiger partial charge in [0.25, 0.3) is 11.8 Å². The predicted octanol–water partition coefficient (Wildman–Crippen LogP) is 5.45. The van der Waals surface area contributed by atoms with E-state index >= 15 is 0 Å². The van der Waals surface area contributed by atoms with E-state index in [1.54, 1.807) is 23.7 Å². The van der Waals surface area contributed by atoms with Crippen LogP contribution in [-0.2, 0) is 0 Å². The molecule has 0 spiro atoms. The topological polar surface area (TPSA) is 68.1 Å². The highest BCUT2D eigenvalue weighted by atomic mass is 35.5. The molecule has 1 aliphatic rings. The van der Waals surface area contributed by atoms with E-state index in [9.17, 15) is 9.59 Å². The first-order valence-electron chi connectivity index (χ1n) is 9.57. The summed E-state index contributed by atoms with van der Waals surface area (Å²) in [6.45, 7) is 5.87. The quantitative estimate of drug-likeness (QED) is 0.380. The minimum Gasteiger partial charge on any atom is -0.268 e. The first-order chi connectivity index (χ1) is 14.8. The lowest BCUT2D eigenvalue weighted by molar-refractivity contribution is 0.0926. The van der Waals surface area contributed by atoms with Crippen molar-refractivity contribution < 1.29 is 9.59 Å². The van der Waals surface area contributed by atoms with E-state index in [0.717, 1.165) is 16.2 Å². The minimum absolute atomic E-state index is 0.242. The second-order valence-electron chi connectivity index (χ2n) is 7.56. The molecule has 0 atom stereocenters. The van der Waals surface area contributed by atoms with E-state index in [4.69, 9.17) is 23.2 Å². The number of imide groups is 1. The van der Waals surface area contributed by atoms with Crippen molar-refractivity contribution >= 4 is 51.7 Å². The summed E-state index contributed by atoms with van der Waals surface area (Å²) in [5.41, 5.74) is 5.17. The molecule has 31 heavy (non-hydrogen) atoms. The standard InChI is InChI=1S/C23H16Cl2N4O2/c1-11-4-5-15(8-12(11)2)29-21-19(13(3)27-29)20-16(10-26-21)22(30)28(23(20)31)14-6-7-17(24)18(25)9-14/h4-10H,1-3H3. The van der Waals surface area contributed by atoms with Gasteiger partial charge in [-0.1, -0.05) is 29.3 Å². The lowest BCUT2D eigenvalue weighted by Crippen LogP contribution is -2.29. The van der Waals surface area contributed by atoms with Crippen molar-refractivity contribution in [2.45, 2.75) is 20.8 Å². The van der Waals surface area contributed by atoms with Crippen LogP contribution in [0.25, 0.3) is 16.7 Å². The van der Waals surface area contributed by atoms with Gasteiger partial charge in [-0.25, -0.2) is 14.6 Å². The van der Waals surface area contributed by atoms with Gasteiger partial charge in [-0.15, -0.1) is 0 Å². The van der Waals surface area contributed by atoms with Gasteiger partial charge in [0.2, 0.25) is 0 Å². The largest absolute Gasteiger partial charge is 0.268 e. The lowest BCUT2D eigenvalue weighted by Gasteiger charge is -2.14. The number of hydrogen-bond donors (Lipinski definition) is 0. The predicted molar refractivity (Wildman–Crippen MR) is 121 cm³/mol. The molecular formula is C23H16Cl2N4O2. The monoisotopic (exact) mass is 450 g/mol. The number of nitrogens with zero attached hydrogens (tertiary/aromatic N) is 4. The number of aryl methyl sites for hydroxylation is 3. The van der Waals surface area contributed by atoms with Crippen molar-refractivity contribution in [2.24, 2.45) is 0 Å². The Kier molecular flexibility index (Phi) is 4.39. The second kappa shape index (κ2) is 6.90. The summed E-state index contributed by atoms with van der Waals surface area (Å²) in [6.07, 6.45) is 1.44. The average Bonchev–Trinajstić information content (AvgIpc) is 3.20. The van der Waals surface area contributed by atoms with Crippen molar-refractivity contribution in [3.05, 3.63) is 80.6 Å². The first-order valence-corrected chi connectivity index (χ1v) is 10.3. The van der Waals surface area contributed by atoms with Crippen LogP contribution >= 0.6 is 23.2 Å². The number of amides is 2. The maximum Gasteiger partial charge on any atom is 0.267 e. The Labute approximate surface area is 188 Å². The number of anilines is 1. The van der Waals surface area contributed by atoms with Gasteiger partial charge in [0.05, 0.1) is 43.6 Å². The van der Waals surface area contributed by atoms with E-state index in [0.29, 0.717) is 33.0 Å². The summed E-state index contributed by atoms with van der Waals surface area (Å²) in [7, 11) is 0. The van der Waals surface area contributed by atoms with Crippen molar-refractivity contribution in [1.29, 1.82) is 0 Å². The van der Waals surface area contributed by atoms with E-state index in [2.05, 4.69) is 10.1 Å². The van der Waals surface area contributed by atoms with Crippen LogP contribution < -0.4 is 4.90 Å².